The van der Waals surface area contributed by atoms with E-state index >= 15 is 0 Å². The molecule has 3 nitrogen and oxygen atoms in total. The molecule has 0 radical (unpaired) electrons. The highest BCUT2D eigenvalue weighted by Gasteiger charge is 2.22. The molecule has 0 aliphatic carbocycles. The summed E-state index contributed by atoms with van der Waals surface area (Å²) < 4.78 is 26.3. The third kappa shape index (κ3) is 4.07. The summed E-state index contributed by atoms with van der Waals surface area (Å²) in [6.45, 7) is 4.92. The van der Waals surface area contributed by atoms with E-state index in [9.17, 15) is 8.42 Å². The van der Waals surface area contributed by atoms with Gasteiger partial charge in [-0.25, -0.2) is 8.42 Å². The van der Waals surface area contributed by atoms with Crippen LogP contribution in [0.25, 0.3) is 0 Å². The Hall–Kier alpha value is -0.390. The summed E-state index contributed by atoms with van der Waals surface area (Å²) in [5.41, 5.74) is 1.07. The van der Waals surface area contributed by atoms with Crippen LogP contribution < -0.4 is 0 Å². The number of hydrogen-bond acceptors (Lipinski definition) is 2. The first-order valence-corrected chi connectivity index (χ1v) is 8.71. The maximum atomic E-state index is 12.4. The first-order chi connectivity index (χ1) is 8.52. The topological polar surface area (TPSA) is 37.4 Å². The molecule has 1 aromatic carbocycles. The van der Waals surface area contributed by atoms with Gasteiger partial charge in [0.15, 0.2) is 0 Å². The number of benzene rings is 1. The standard InChI is InChI=1S/C13H20BrNO2S/c1-3-15(11-5-4-10-14)18(16,17)13-8-6-12(2)7-9-13/h6-9H,3-5,10-11H2,1-2H3. The first kappa shape index (κ1) is 15.7. The van der Waals surface area contributed by atoms with E-state index < -0.39 is 10.0 Å². The van der Waals surface area contributed by atoms with Crippen LogP contribution in [0.1, 0.15) is 25.3 Å². The lowest BCUT2D eigenvalue weighted by atomic mass is 10.2. The molecule has 0 unspecified atom stereocenters. The average molecular weight is 334 g/mol. The van der Waals surface area contributed by atoms with Crippen LogP contribution in [-0.2, 0) is 10.0 Å². The second-order valence-corrected chi connectivity index (χ2v) is 6.94. The molecular weight excluding hydrogens is 314 g/mol. The number of sulfonamides is 1. The lowest BCUT2D eigenvalue weighted by molar-refractivity contribution is 0.419. The van der Waals surface area contributed by atoms with Gasteiger partial charge in [0.1, 0.15) is 0 Å². The van der Waals surface area contributed by atoms with E-state index in [2.05, 4.69) is 15.9 Å². The molecule has 0 fully saturated rings. The number of alkyl halides is 1. The summed E-state index contributed by atoms with van der Waals surface area (Å²) in [7, 11) is -3.33. The van der Waals surface area contributed by atoms with Crippen molar-refractivity contribution in [2.24, 2.45) is 0 Å². The molecule has 0 saturated heterocycles. The van der Waals surface area contributed by atoms with Gasteiger partial charge in [0.2, 0.25) is 10.0 Å². The highest BCUT2D eigenvalue weighted by atomic mass is 79.9. The molecule has 0 N–H and O–H groups in total. The van der Waals surface area contributed by atoms with Crippen LogP contribution in [0, 0.1) is 6.92 Å². The molecule has 18 heavy (non-hydrogen) atoms. The Bertz CT molecular complexity index is 456. The van der Waals surface area contributed by atoms with Gasteiger partial charge in [-0.2, -0.15) is 4.31 Å². The van der Waals surface area contributed by atoms with Crippen LogP contribution in [-0.4, -0.2) is 31.1 Å². The van der Waals surface area contributed by atoms with Gasteiger partial charge in [-0.05, 0) is 31.9 Å². The Labute approximate surface area is 118 Å². The van der Waals surface area contributed by atoms with Crippen molar-refractivity contribution < 1.29 is 8.42 Å². The molecule has 0 aliphatic heterocycles. The molecular formula is C13H20BrNO2S. The zero-order valence-corrected chi connectivity index (χ0v) is 13.3. The third-order valence-corrected chi connectivity index (χ3v) is 5.35. The van der Waals surface area contributed by atoms with Gasteiger partial charge in [0.05, 0.1) is 4.90 Å². The number of halogens is 1. The molecule has 1 rings (SSSR count). The van der Waals surface area contributed by atoms with Gasteiger partial charge in [-0.3, -0.25) is 0 Å². The van der Waals surface area contributed by atoms with E-state index in [1.807, 2.05) is 26.0 Å². The Kier molecular flexibility index (Phi) is 6.32. The molecule has 5 heteroatoms. The highest BCUT2D eigenvalue weighted by Crippen LogP contribution is 2.16. The zero-order chi connectivity index (χ0) is 13.6. The minimum Gasteiger partial charge on any atom is -0.207 e. The van der Waals surface area contributed by atoms with E-state index in [1.165, 1.54) is 0 Å². The Morgan fingerprint density at radius 2 is 1.78 bits per heavy atom. The molecule has 0 bridgehead atoms. The molecule has 1 aromatic rings. The fourth-order valence-electron chi connectivity index (χ4n) is 1.69. The van der Waals surface area contributed by atoms with Crippen molar-refractivity contribution in [3.63, 3.8) is 0 Å². The minimum atomic E-state index is -3.33. The molecule has 0 amide bonds. The number of nitrogens with zero attached hydrogens (tertiary/aromatic N) is 1. The van der Waals surface area contributed by atoms with Crippen molar-refractivity contribution >= 4 is 26.0 Å². The van der Waals surface area contributed by atoms with Crippen LogP contribution in [0.3, 0.4) is 0 Å². The van der Waals surface area contributed by atoms with E-state index in [0.717, 1.165) is 23.7 Å². The second kappa shape index (κ2) is 7.26. The van der Waals surface area contributed by atoms with Crippen molar-refractivity contribution in [2.75, 3.05) is 18.4 Å². The maximum Gasteiger partial charge on any atom is 0.243 e. The summed E-state index contributed by atoms with van der Waals surface area (Å²) in [6.07, 6.45) is 1.87. The normalized spacial score (nSPS) is 12.0. The maximum absolute atomic E-state index is 12.4. The highest BCUT2D eigenvalue weighted by molar-refractivity contribution is 9.09. The van der Waals surface area contributed by atoms with Gasteiger partial charge in [-0.1, -0.05) is 40.5 Å². The monoisotopic (exact) mass is 333 g/mol. The number of rotatable bonds is 7. The third-order valence-electron chi connectivity index (χ3n) is 2.80. The molecule has 0 aliphatic rings. The molecule has 102 valence electrons. The Balaban J connectivity index is 2.85. The van der Waals surface area contributed by atoms with Crippen molar-refractivity contribution in [2.45, 2.75) is 31.6 Å². The van der Waals surface area contributed by atoms with E-state index in [-0.39, 0.29) is 0 Å². The van der Waals surface area contributed by atoms with Crippen LogP contribution in [0.2, 0.25) is 0 Å². The van der Waals surface area contributed by atoms with Crippen molar-refractivity contribution in [1.29, 1.82) is 0 Å². The van der Waals surface area contributed by atoms with Gasteiger partial charge in [-0.15, -0.1) is 0 Å². The van der Waals surface area contributed by atoms with Crippen LogP contribution in [0.4, 0.5) is 0 Å². The first-order valence-electron chi connectivity index (χ1n) is 6.15. The van der Waals surface area contributed by atoms with E-state index in [1.54, 1.807) is 16.4 Å². The second-order valence-electron chi connectivity index (χ2n) is 4.21. The average Bonchev–Trinajstić information content (AvgIpc) is 2.35. The zero-order valence-electron chi connectivity index (χ0n) is 10.9. The number of hydrogen-bond donors (Lipinski definition) is 0. The molecule has 0 saturated carbocycles. The summed E-state index contributed by atoms with van der Waals surface area (Å²) in [6, 6.07) is 7.02. The quantitative estimate of drug-likeness (QED) is 0.567. The van der Waals surface area contributed by atoms with Crippen LogP contribution in [0.15, 0.2) is 29.2 Å². The van der Waals surface area contributed by atoms with Crippen molar-refractivity contribution in [3.8, 4) is 0 Å². The molecule has 0 aromatic heterocycles. The summed E-state index contributed by atoms with van der Waals surface area (Å²) in [4.78, 5) is 0.383. The number of aryl methyl sites for hydroxylation is 1. The predicted octanol–water partition coefficient (Wildman–Crippen LogP) is 3.18. The number of unbranched alkanes of at least 4 members (excludes halogenated alkanes) is 1. The summed E-state index contributed by atoms with van der Waals surface area (Å²) in [5.74, 6) is 0. The summed E-state index contributed by atoms with van der Waals surface area (Å²) >= 11 is 3.36. The van der Waals surface area contributed by atoms with Gasteiger partial charge >= 0.3 is 0 Å². The SMILES string of the molecule is CCN(CCCCBr)S(=O)(=O)c1ccc(C)cc1. The van der Waals surface area contributed by atoms with Crippen molar-refractivity contribution in [1.82, 2.24) is 4.31 Å². The summed E-state index contributed by atoms with van der Waals surface area (Å²) in [5, 5.41) is 0.912. The fourth-order valence-corrected chi connectivity index (χ4v) is 3.57. The van der Waals surface area contributed by atoms with Crippen LogP contribution >= 0.6 is 15.9 Å². The smallest absolute Gasteiger partial charge is 0.207 e. The Morgan fingerprint density at radius 3 is 2.28 bits per heavy atom. The fraction of sp³-hybridized carbons (Fsp3) is 0.538. The van der Waals surface area contributed by atoms with Gasteiger partial charge in [0, 0.05) is 18.4 Å². The minimum absolute atomic E-state index is 0.383. The molecule has 0 atom stereocenters. The van der Waals surface area contributed by atoms with E-state index in [0.29, 0.717) is 18.0 Å². The van der Waals surface area contributed by atoms with E-state index in [4.69, 9.17) is 0 Å². The molecule has 0 heterocycles. The predicted molar refractivity (Wildman–Crippen MR) is 78.6 cm³/mol. The van der Waals surface area contributed by atoms with Gasteiger partial charge in [0.25, 0.3) is 0 Å². The molecule has 0 spiro atoms. The van der Waals surface area contributed by atoms with Crippen molar-refractivity contribution in [3.05, 3.63) is 29.8 Å². The largest absolute Gasteiger partial charge is 0.243 e. The lowest BCUT2D eigenvalue weighted by Crippen LogP contribution is -2.31. The Morgan fingerprint density at radius 1 is 1.17 bits per heavy atom. The lowest BCUT2D eigenvalue weighted by Gasteiger charge is -2.20. The van der Waals surface area contributed by atoms with Gasteiger partial charge < -0.3 is 0 Å². The van der Waals surface area contributed by atoms with Crippen LogP contribution in [0.5, 0.6) is 0 Å².